The summed E-state index contributed by atoms with van der Waals surface area (Å²) >= 11 is 0. The molecule has 0 heterocycles. The molecule has 4 aromatic rings. The lowest BCUT2D eigenvalue weighted by Gasteiger charge is -2.21. The zero-order chi connectivity index (χ0) is 43.8. The Kier molecular flexibility index (Phi) is 16.4. The lowest BCUT2D eigenvalue weighted by molar-refractivity contribution is -0.139. The van der Waals surface area contributed by atoms with Gasteiger partial charge in [-0.1, -0.05) is 62.4 Å². The molecule has 11 heteroatoms. The molecule has 0 aliphatic rings. The van der Waals surface area contributed by atoms with Crippen LogP contribution in [0.5, 0.6) is 23.0 Å². The Labute approximate surface area is 348 Å². The second-order valence-corrected chi connectivity index (χ2v) is 13.2. The number of hydrogen-bond acceptors (Lipinski definition) is 10. The Balaban J connectivity index is 1.71. The summed E-state index contributed by atoms with van der Waals surface area (Å²) in [6.45, 7) is 18.2. The van der Waals surface area contributed by atoms with Crippen LogP contribution in [0.1, 0.15) is 55.0 Å². The van der Waals surface area contributed by atoms with E-state index in [1.807, 2.05) is 0 Å². The van der Waals surface area contributed by atoms with Crippen LogP contribution in [0.4, 0.5) is 4.39 Å². The fourth-order valence-electron chi connectivity index (χ4n) is 5.48. The number of benzene rings is 4. The van der Waals surface area contributed by atoms with Crippen LogP contribution < -0.4 is 18.9 Å². The number of esters is 5. The van der Waals surface area contributed by atoms with E-state index in [1.54, 1.807) is 85.8 Å². The molecule has 0 saturated heterocycles. The average molecular weight is 811 g/mol. The first-order valence-electron chi connectivity index (χ1n) is 18.6. The lowest BCUT2D eigenvalue weighted by Crippen LogP contribution is -2.12. The van der Waals surface area contributed by atoms with Crippen LogP contribution in [0.2, 0.25) is 0 Å². The van der Waals surface area contributed by atoms with E-state index in [2.05, 4.69) is 38.2 Å². The normalized spacial score (nSPS) is 10.6. The average Bonchev–Trinajstić information content (AvgIpc) is 3.23. The summed E-state index contributed by atoms with van der Waals surface area (Å²) in [4.78, 5) is 61.5. The lowest BCUT2D eigenvalue weighted by atomic mass is 9.89. The Morgan fingerprint density at radius 1 is 0.667 bits per heavy atom. The maximum Gasteiger partial charge on any atom is 0.338 e. The molecule has 10 nitrogen and oxygen atoms in total. The summed E-state index contributed by atoms with van der Waals surface area (Å²) in [7, 11) is 0. The maximum absolute atomic E-state index is 13.8. The first-order chi connectivity index (χ1) is 28.7. The molecule has 0 N–H and O–H groups in total. The van der Waals surface area contributed by atoms with Crippen molar-refractivity contribution in [1.29, 1.82) is 0 Å². The first kappa shape index (κ1) is 45.1. The van der Waals surface area contributed by atoms with Crippen molar-refractivity contribution in [2.45, 2.75) is 40.0 Å². The highest BCUT2D eigenvalue weighted by atomic mass is 19.1. The number of alkyl halides is 1. The summed E-state index contributed by atoms with van der Waals surface area (Å²) in [6, 6.07) is 21.3. The molecule has 0 amide bonds. The molecule has 0 aromatic heterocycles. The summed E-state index contributed by atoms with van der Waals surface area (Å²) in [5.74, 6) is 4.04. The third kappa shape index (κ3) is 13.0. The molecule has 0 fully saturated rings. The molecule has 0 saturated carbocycles. The number of ether oxygens (including phenoxy) is 5. The molecule has 0 bridgehead atoms. The van der Waals surface area contributed by atoms with Gasteiger partial charge in [-0.25, -0.2) is 24.0 Å². The molecule has 0 atom stereocenters. The largest absolute Gasteiger partial charge is 0.462 e. The van der Waals surface area contributed by atoms with Gasteiger partial charge in [0.05, 0.1) is 13.3 Å². The minimum Gasteiger partial charge on any atom is -0.462 e. The van der Waals surface area contributed by atoms with E-state index in [0.29, 0.717) is 50.3 Å². The zero-order valence-corrected chi connectivity index (χ0v) is 33.6. The predicted octanol–water partition coefficient (Wildman–Crippen LogP) is 8.99. The van der Waals surface area contributed by atoms with E-state index in [1.165, 1.54) is 19.9 Å². The summed E-state index contributed by atoms with van der Waals surface area (Å²) in [5.41, 5.74) is 4.77. The van der Waals surface area contributed by atoms with E-state index < -0.39 is 36.5 Å². The Hall–Kier alpha value is -7.58. The molecule has 0 aliphatic heterocycles. The van der Waals surface area contributed by atoms with E-state index >= 15 is 0 Å². The highest BCUT2D eigenvalue weighted by Gasteiger charge is 2.23. The number of carbonyl (C=O) groups is 5. The van der Waals surface area contributed by atoms with Gasteiger partial charge in [0, 0.05) is 58.0 Å². The van der Waals surface area contributed by atoms with Gasteiger partial charge in [0.25, 0.3) is 0 Å². The maximum atomic E-state index is 13.8. The quantitative estimate of drug-likeness (QED) is 0.0441. The van der Waals surface area contributed by atoms with Crippen molar-refractivity contribution < 1.29 is 52.0 Å². The topological polar surface area (TPSA) is 132 Å². The van der Waals surface area contributed by atoms with Crippen molar-refractivity contribution in [1.82, 2.24) is 0 Å². The van der Waals surface area contributed by atoms with Crippen LogP contribution in [0.25, 0.3) is 16.7 Å². The predicted molar refractivity (Wildman–Crippen MR) is 226 cm³/mol. The Morgan fingerprint density at radius 3 is 1.80 bits per heavy atom. The van der Waals surface area contributed by atoms with Crippen LogP contribution in [0.3, 0.4) is 0 Å². The third-order valence-electron chi connectivity index (χ3n) is 8.49. The van der Waals surface area contributed by atoms with Crippen molar-refractivity contribution in [3.05, 3.63) is 162 Å². The number of carbonyl (C=O) groups excluding carboxylic acids is 5. The third-order valence-corrected chi connectivity index (χ3v) is 8.49. The molecule has 306 valence electrons. The zero-order valence-electron chi connectivity index (χ0n) is 33.6. The van der Waals surface area contributed by atoms with Gasteiger partial charge in [-0.15, -0.1) is 0 Å². The van der Waals surface area contributed by atoms with Gasteiger partial charge in [0.2, 0.25) is 0 Å². The van der Waals surface area contributed by atoms with Crippen molar-refractivity contribution in [3.8, 4) is 46.0 Å². The van der Waals surface area contributed by atoms with E-state index in [0.717, 1.165) is 12.2 Å². The van der Waals surface area contributed by atoms with Gasteiger partial charge in [0.1, 0.15) is 23.0 Å². The molecule has 0 spiro atoms. The smallest absolute Gasteiger partial charge is 0.338 e. The van der Waals surface area contributed by atoms with Gasteiger partial charge in [-0.3, -0.25) is 4.39 Å². The number of halogens is 1. The van der Waals surface area contributed by atoms with Gasteiger partial charge in [0.15, 0.2) is 0 Å². The van der Waals surface area contributed by atoms with Crippen molar-refractivity contribution >= 4 is 35.4 Å². The fraction of sp³-hybridized carbons (Fsp3) is 0.163. The molecular formula is C49H43FO10. The standard InChI is InChI=1S/C49H43FO10/c1-8-43(51)57-40-22-16-35(17-23-40)33(7)29-45(53)58-39-20-13-34(14-21-39)12-15-37-30-38(26-28-56-48(54)31(3)4)46(47(60-44(52)9-2)42(37)11-10-27-50)36-18-24-41(25-19-36)59-49(55)32(5)6/h8-9,13-14,16-25,29-30H,1-3,5,10-11,26-28H2,4,6-7H3/b33-29+. The number of allylic oxidation sites excluding steroid dienone is 1. The molecule has 60 heavy (non-hydrogen) atoms. The number of hydrogen-bond donors (Lipinski definition) is 0. The Morgan fingerprint density at radius 2 is 1.22 bits per heavy atom. The molecule has 4 aromatic carbocycles. The van der Waals surface area contributed by atoms with E-state index in [4.69, 9.17) is 23.7 Å². The molecule has 0 unspecified atom stereocenters. The molecule has 0 aliphatic carbocycles. The second kappa shape index (κ2) is 21.8. The van der Waals surface area contributed by atoms with Gasteiger partial charge < -0.3 is 23.7 Å². The molecular weight excluding hydrogens is 768 g/mol. The van der Waals surface area contributed by atoms with Crippen molar-refractivity contribution in [2.75, 3.05) is 13.3 Å². The summed E-state index contributed by atoms with van der Waals surface area (Å²) in [6.07, 6.45) is 3.78. The first-order valence-corrected chi connectivity index (χ1v) is 18.6. The molecule has 4 rings (SSSR count). The molecule has 0 radical (unpaired) electrons. The monoisotopic (exact) mass is 810 g/mol. The SMILES string of the molecule is C=CC(=O)Oc1ccc(/C(C)=C/C(=O)Oc2ccc(C#Cc3cc(CCOC(=O)C(=C)C)c(-c4ccc(OC(=O)C(=C)C)cc4)c(OC(=O)C=C)c3CCCF)cc2)cc1. The van der Waals surface area contributed by atoms with Crippen molar-refractivity contribution in [2.24, 2.45) is 0 Å². The minimum atomic E-state index is -0.769. The van der Waals surface area contributed by atoms with Crippen LogP contribution in [-0.4, -0.2) is 43.1 Å². The summed E-state index contributed by atoms with van der Waals surface area (Å²) < 4.78 is 41.0. The van der Waals surface area contributed by atoms with Gasteiger partial charge in [-0.2, -0.15) is 0 Å². The van der Waals surface area contributed by atoms with Gasteiger partial charge >= 0.3 is 29.8 Å². The van der Waals surface area contributed by atoms with Crippen LogP contribution in [0, 0.1) is 11.8 Å². The minimum absolute atomic E-state index is 0.0626. The van der Waals surface area contributed by atoms with E-state index in [9.17, 15) is 28.4 Å². The summed E-state index contributed by atoms with van der Waals surface area (Å²) in [5, 5.41) is 0. The van der Waals surface area contributed by atoms with Crippen LogP contribution >= 0.6 is 0 Å². The second-order valence-electron chi connectivity index (χ2n) is 13.2. The van der Waals surface area contributed by atoms with Gasteiger partial charge in [-0.05, 0) is 110 Å². The van der Waals surface area contributed by atoms with Crippen LogP contribution in [0.15, 0.2) is 135 Å². The van der Waals surface area contributed by atoms with Crippen LogP contribution in [-0.2, 0) is 41.6 Å². The number of rotatable bonds is 17. The van der Waals surface area contributed by atoms with E-state index in [-0.39, 0.29) is 54.3 Å². The fourth-order valence-corrected chi connectivity index (χ4v) is 5.48. The van der Waals surface area contributed by atoms with Crippen molar-refractivity contribution in [3.63, 3.8) is 0 Å². The highest BCUT2D eigenvalue weighted by Crippen LogP contribution is 2.41. The Bertz CT molecular complexity index is 2410. The highest BCUT2D eigenvalue weighted by molar-refractivity contribution is 5.93.